The normalized spacial score (nSPS) is 13.8. The molecule has 41 heavy (non-hydrogen) atoms. The maximum absolute atomic E-state index is 13.9. The predicted molar refractivity (Wildman–Crippen MR) is 149 cm³/mol. The van der Waals surface area contributed by atoms with E-state index in [1.165, 1.54) is 13.0 Å². The molecule has 4 atom stereocenters. The fourth-order valence-corrected chi connectivity index (χ4v) is 4.66. The van der Waals surface area contributed by atoms with Gasteiger partial charge in [-0.2, -0.15) is 5.26 Å². The zero-order chi connectivity index (χ0) is 30.7. The molecule has 11 heteroatoms. The van der Waals surface area contributed by atoms with Crippen LogP contribution in [-0.4, -0.2) is 70.2 Å². The first kappa shape index (κ1) is 33.3. The number of halogens is 2. The molecule has 9 nitrogen and oxygen atoms in total. The molecule has 0 aliphatic heterocycles. The summed E-state index contributed by atoms with van der Waals surface area (Å²) in [7, 11) is 0. The van der Waals surface area contributed by atoms with E-state index in [9.17, 15) is 33.4 Å². The first-order valence-electron chi connectivity index (χ1n) is 13.6. The minimum Gasteiger partial charge on any atom is -0.388 e. The Hall–Kier alpha value is -3.88. The summed E-state index contributed by atoms with van der Waals surface area (Å²) in [6, 6.07) is 6.72. The zero-order valence-electron chi connectivity index (χ0n) is 23.8. The van der Waals surface area contributed by atoms with Crippen LogP contribution in [-0.2, 0) is 11.2 Å². The monoisotopic (exact) mass is 572 g/mol. The van der Waals surface area contributed by atoms with Crippen LogP contribution in [0.4, 0.5) is 8.78 Å². The van der Waals surface area contributed by atoms with Crippen LogP contribution in [0.2, 0.25) is 0 Å². The summed E-state index contributed by atoms with van der Waals surface area (Å²) in [4.78, 5) is 39.9. The minimum atomic E-state index is -1.76. The Kier molecular flexibility index (Phi) is 12.8. The fraction of sp³-hybridized carbons (Fsp3) is 0.467. The lowest BCUT2D eigenvalue weighted by molar-refractivity contribution is -0.121. The van der Waals surface area contributed by atoms with Crippen LogP contribution in [0.1, 0.15) is 71.9 Å². The number of amides is 3. The second-order valence-corrected chi connectivity index (χ2v) is 10.1. The van der Waals surface area contributed by atoms with E-state index in [-0.39, 0.29) is 29.9 Å². The van der Waals surface area contributed by atoms with E-state index in [4.69, 9.17) is 5.26 Å². The number of nitriles is 1. The molecule has 0 aliphatic rings. The van der Waals surface area contributed by atoms with Gasteiger partial charge in [-0.25, -0.2) is 8.78 Å². The molecule has 0 fully saturated rings. The van der Waals surface area contributed by atoms with Crippen molar-refractivity contribution < 1.29 is 33.4 Å². The first-order chi connectivity index (χ1) is 19.4. The van der Waals surface area contributed by atoms with Gasteiger partial charge < -0.3 is 25.7 Å². The van der Waals surface area contributed by atoms with Crippen LogP contribution >= 0.6 is 0 Å². The number of hydrogen-bond donors (Lipinski definition) is 4. The van der Waals surface area contributed by atoms with Crippen molar-refractivity contribution in [1.29, 1.82) is 5.26 Å². The molecule has 0 spiro atoms. The largest absolute Gasteiger partial charge is 0.388 e. The van der Waals surface area contributed by atoms with Crippen LogP contribution in [0, 0.1) is 29.9 Å². The van der Waals surface area contributed by atoms with Crippen molar-refractivity contribution in [2.45, 2.75) is 77.7 Å². The van der Waals surface area contributed by atoms with Gasteiger partial charge in [0, 0.05) is 37.2 Å². The van der Waals surface area contributed by atoms with Crippen molar-refractivity contribution >= 4 is 17.7 Å². The lowest BCUT2D eigenvalue weighted by atomic mass is 9.92. The Labute approximate surface area is 239 Å². The van der Waals surface area contributed by atoms with Gasteiger partial charge in [0.25, 0.3) is 11.8 Å². The predicted octanol–water partition coefficient (Wildman–Crippen LogP) is 3.02. The van der Waals surface area contributed by atoms with Crippen molar-refractivity contribution in [3.05, 3.63) is 70.3 Å². The number of nitrogens with zero attached hydrogens (tertiary/aromatic N) is 2. The molecule has 2 rings (SSSR count). The third-order valence-corrected chi connectivity index (χ3v) is 6.43. The molecular weight excluding hydrogens is 534 g/mol. The highest BCUT2D eigenvalue weighted by Gasteiger charge is 2.34. The second-order valence-electron chi connectivity index (χ2n) is 10.1. The molecule has 0 saturated carbocycles. The number of hydrogen-bond acceptors (Lipinski definition) is 6. The molecule has 2 aromatic rings. The van der Waals surface area contributed by atoms with E-state index in [1.54, 1.807) is 24.0 Å². The number of nitrogens with one attached hydrogen (secondary N) is 2. The van der Waals surface area contributed by atoms with Gasteiger partial charge in [-0.1, -0.05) is 13.8 Å². The molecule has 3 amide bonds. The van der Waals surface area contributed by atoms with Crippen molar-refractivity contribution in [2.75, 3.05) is 13.1 Å². The van der Waals surface area contributed by atoms with E-state index < -0.39 is 47.7 Å². The number of carbonyl (C=O) groups excluding carboxylic acids is 3. The lowest BCUT2D eigenvalue weighted by Gasteiger charge is -2.32. The number of aryl methyl sites for hydroxylation is 1. The molecule has 0 unspecified atom stereocenters. The molecule has 0 aromatic heterocycles. The van der Waals surface area contributed by atoms with Crippen LogP contribution < -0.4 is 10.6 Å². The quantitative estimate of drug-likeness (QED) is 0.274. The Bertz CT molecular complexity index is 1240. The highest BCUT2D eigenvalue weighted by molar-refractivity contribution is 6.00. The van der Waals surface area contributed by atoms with Crippen molar-refractivity contribution in [3.63, 3.8) is 0 Å². The Balaban J connectivity index is 2.43. The molecule has 0 radical (unpaired) electrons. The van der Waals surface area contributed by atoms with E-state index in [0.717, 1.165) is 25.0 Å². The Morgan fingerprint density at radius 3 is 2.00 bits per heavy atom. The summed E-state index contributed by atoms with van der Waals surface area (Å²) >= 11 is 0. The van der Waals surface area contributed by atoms with E-state index in [1.807, 2.05) is 19.9 Å². The van der Waals surface area contributed by atoms with Crippen LogP contribution in [0.5, 0.6) is 0 Å². The molecule has 0 saturated heterocycles. The number of aliphatic hydroxyl groups excluding tert-OH is 2. The molecule has 2 aromatic carbocycles. The Morgan fingerprint density at radius 2 is 1.46 bits per heavy atom. The summed E-state index contributed by atoms with van der Waals surface area (Å²) in [5.74, 6) is -3.23. The topological polar surface area (TPSA) is 143 Å². The molecule has 4 N–H and O–H groups in total. The third-order valence-electron chi connectivity index (χ3n) is 6.43. The maximum atomic E-state index is 13.9. The fourth-order valence-electron chi connectivity index (χ4n) is 4.66. The van der Waals surface area contributed by atoms with Gasteiger partial charge in [0.05, 0.1) is 24.6 Å². The van der Waals surface area contributed by atoms with E-state index in [2.05, 4.69) is 10.6 Å². The van der Waals surface area contributed by atoms with Gasteiger partial charge in [-0.3, -0.25) is 14.4 Å². The van der Waals surface area contributed by atoms with Gasteiger partial charge in [-0.15, -0.1) is 0 Å². The van der Waals surface area contributed by atoms with Crippen LogP contribution in [0.15, 0.2) is 36.4 Å². The van der Waals surface area contributed by atoms with Crippen molar-refractivity contribution in [2.24, 2.45) is 0 Å². The molecule has 222 valence electrons. The van der Waals surface area contributed by atoms with Gasteiger partial charge in [0.2, 0.25) is 5.91 Å². The number of rotatable bonds is 14. The summed E-state index contributed by atoms with van der Waals surface area (Å²) in [6.45, 7) is 7.93. The molecular formula is C30H38F2N4O5. The number of carbonyl (C=O) groups is 3. The minimum absolute atomic E-state index is 0.0882. The summed E-state index contributed by atoms with van der Waals surface area (Å²) in [5.41, 5.74) is 1.14. The van der Waals surface area contributed by atoms with E-state index >= 15 is 0 Å². The average molecular weight is 573 g/mol. The lowest BCUT2D eigenvalue weighted by Crippen LogP contribution is -2.56. The first-order valence-corrected chi connectivity index (χ1v) is 13.6. The van der Waals surface area contributed by atoms with Crippen LogP contribution in [0.3, 0.4) is 0 Å². The summed E-state index contributed by atoms with van der Waals surface area (Å²) in [5, 5.41) is 36.1. The SMILES string of the molecule is CCCN(CCC)C(=O)c1cc(C)cc(C(=O)N[C@@H](Cc2cc(F)cc(F)c2)[C@@H](O)[C@H](O)[C@@H](CC#N)NC(C)=O)c1. The zero-order valence-corrected chi connectivity index (χ0v) is 23.8. The second kappa shape index (κ2) is 15.8. The molecule has 0 heterocycles. The molecule has 0 aliphatic carbocycles. The average Bonchev–Trinajstić information content (AvgIpc) is 2.90. The van der Waals surface area contributed by atoms with Crippen molar-refractivity contribution in [1.82, 2.24) is 15.5 Å². The van der Waals surface area contributed by atoms with Gasteiger partial charge in [0.1, 0.15) is 23.8 Å². The Morgan fingerprint density at radius 1 is 0.902 bits per heavy atom. The maximum Gasteiger partial charge on any atom is 0.253 e. The van der Waals surface area contributed by atoms with Crippen LogP contribution in [0.25, 0.3) is 0 Å². The van der Waals surface area contributed by atoms with Gasteiger partial charge in [-0.05, 0) is 67.6 Å². The highest BCUT2D eigenvalue weighted by atomic mass is 19.1. The standard InChI is InChI=1S/C30H38F2N4O5/c1-5-9-36(10-6-2)30(41)22-12-18(3)11-21(16-22)29(40)35-26(15-20-13-23(31)17-24(32)14-20)28(39)27(38)25(7-8-33)34-19(4)37/h11-14,16-17,25-28,38-39H,5-7,9-10,15H2,1-4H3,(H,34,37)(H,35,40)/t25-,26+,27-,28-/m1/s1. The highest BCUT2D eigenvalue weighted by Crippen LogP contribution is 2.18. The summed E-state index contributed by atoms with van der Waals surface area (Å²) < 4.78 is 27.8. The summed E-state index contributed by atoms with van der Waals surface area (Å²) in [6.07, 6.45) is -2.59. The smallest absolute Gasteiger partial charge is 0.253 e. The molecule has 0 bridgehead atoms. The third kappa shape index (κ3) is 9.92. The number of benzene rings is 2. The number of aliphatic hydroxyl groups is 2. The van der Waals surface area contributed by atoms with Gasteiger partial charge >= 0.3 is 0 Å². The van der Waals surface area contributed by atoms with Crippen molar-refractivity contribution in [3.8, 4) is 6.07 Å². The van der Waals surface area contributed by atoms with Gasteiger partial charge in [0.15, 0.2) is 0 Å². The van der Waals surface area contributed by atoms with E-state index in [0.29, 0.717) is 30.3 Å².